The van der Waals surface area contributed by atoms with Crippen LogP contribution in [0, 0.1) is 0 Å². The first-order valence-corrected chi connectivity index (χ1v) is 8.76. The Labute approximate surface area is 138 Å². The zero-order valence-corrected chi connectivity index (χ0v) is 14.3. The molecule has 1 aliphatic heterocycles. The van der Waals surface area contributed by atoms with E-state index >= 15 is 0 Å². The third-order valence-corrected chi connectivity index (χ3v) is 5.77. The molecule has 1 heterocycles. The molecular weight excluding hydrogens is 346 g/mol. The highest BCUT2D eigenvalue weighted by molar-refractivity contribution is 9.10. The summed E-state index contributed by atoms with van der Waals surface area (Å²) in [5.74, 6) is 2.37. The Morgan fingerprint density at radius 3 is 2.90 bits per heavy atom. The van der Waals surface area contributed by atoms with Crippen molar-refractivity contribution < 1.29 is 4.74 Å². The molecule has 2 N–H and O–H groups in total. The van der Waals surface area contributed by atoms with Crippen LogP contribution in [0.2, 0.25) is 0 Å². The molecular formula is C17H18BrNOS. The largest absolute Gasteiger partial charge is 0.496 e. The summed E-state index contributed by atoms with van der Waals surface area (Å²) in [5, 5.41) is 0. The van der Waals surface area contributed by atoms with Gasteiger partial charge >= 0.3 is 0 Å². The van der Waals surface area contributed by atoms with Crippen molar-refractivity contribution in [3.8, 4) is 5.75 Å². The van der Waals surface area contributed by atoms with Gasteiger partial charge in [0, 0.05) is 22.6 Å². The Hall–Kier alpha value is -0.970. The third kappa shape index (κ3) is 3.12. The second-order valence-corrected chi connectivity index (χ2v) is 7.21. The van der Waals surface area contributed by atoms with E-state index in [1.807, 2.05) is 17.8 Å². The molecule has 21 heavy (non-hydrogen) atoms. The zero-order chi connectivity index (χ0) is 14.8. The van der Waals surface area contributed by atoms with E-state index in [-0.39, 0.29) is 6.04 Å². The van der Waals surface area contributed by atoms with E-state index in [0.29, 0.717) is 5.92 Å². The predicted molar refractivity (Wildman–Crippen MR) is 92.3 cm³/mol. The number of nitrogens with two attached hydrogens (primary N) is 1. The van der Waals surface area contributed by atoms with Gasteiger partial charge in [-0.05, 0) is 51.7 Å². The van der Waals surface area contributed by atoms with E-state index in [4.69, 9.17) is 10.5 Å². The summed E-state index contributed by atoms with van der Waals surface area (Å²) in [7, 11) is 1.68. The van der Waals surface area contributed by atoms with Gasteiger partial charge in [0.05, 0.1) is 11.6 Å². The molecule has 0 saturated carbocycles. The second kappa shape index (κ2) is 6.42. The molecule has 0 radical (unpaired) electrons. The predicted octanol–water partition coefficient (Wildman–Crippen LogP) is 4.22. The van der Waals surface area contributed by atoms with Crippen LogP contribution in [0.15, 0.2) is 51.8 Å². The summed E-state index contributed by atoms with van der Waals surface area (Å²) < 4.78 is 6.25. The number of fused-ring (bicyclic) bond motifs is 1. The van der Waals surface area contributed by atoms with Gasteiger partial charge in [0.1, 0.15) is 5.75 Å². The van der Waals surface area contributed by atoms with Crippen molar-refractivity contribution >= 4 is 27.7 Å². The number of methoxy groups -OCH3 is 1. The number of hydrogen-bond acceptors (Lipinski definition) is 3. The Bertz CT molecular complexity index is 646. The van der Waals surface area contributed by atoms with Crippen molar-refractivity contribution in [1.82, 2.24) is 0 Å². The average Bonchev–Trinajstić information content (AvgIpc) is 2.91. The van der Waals surface area contributed by atoms with Crippen LogP contribution >= 0.6 is 27.7 Å². The molecule has 0 aliphatic carbocycles. The van der Waals surface area contributed by atoms with E-state index in [2.05, 4.69) is 52.3 Å². The van der Waals surface area contributed by atoms with Crippen molar-refractivity contribution in [2.75, 3.05) is 12.9 Å². The summed E-state index contributed by atoms with van der Waals surface area (Å²) in [6.07, 6.45) is 0.877. The minimum absolute atomic E-state index is 0.140. The standard InChI is InChI=1S/C17H18BrNOS/c1-20-16-7-6-11(8-14(16)18)9-15(19)13-10-21-17-5-3-2-4-12(13)17/h2-8,13,15H,9-10,19H2,1H3. The van der Waals surface area contributed by atoms with Gasteiger partial charge in [-0.15, -0.1) is 11.8 Å². The monoisotopic (exact) mass is 363 g/mol. The van der Waals surface area contributed by atoms with Crippen molar-refractivity contribution in [3.63, 3.8) is 0 Å². The van der Waals surface area contributed by atoms with Crippen LogP contribution in [0.4, 0.5) is 0 Å². The first-order chi connectivity index (χ1) is 10.2. The number of hydrogen-bond donors (Lipinski definition) is 1. The highest BCUT2D eigenvalue weighted by atomic mass is 79.9. The third-order valence-electron chi connectivity index (χ3n) is 3.94. The van der Waals surface area contributed by atoms with E-state index in [1.54, 1.807) is 7.11 Å². The van der Waals surface area contributed by atoms with E-state index in [0.717, 1.165) is 22.4 Å². The first kappa shape index (κ1) is 14.9. The van der Waals surface area contributed by atoms with Gasteiger partial charge in [-0.3, -0.25) is 0 Å². The quantitative estimate of drug-likeness (QED) is 0.883. The number of rotatable bonds is 4. The summed E-state index contributed by atoms with van der Waals surface area (Å²) in [6, 6.07) is 14.9. The Kier molecular flexibility index (Phi) is 4.57. The minimum Gasteiger partial charge on any atom is -0.496 e. The highest BCUT2D eigenvalue weighted by Gasteiger charge is 2.28. The van der Waals surface area contributed by atoms with Gasteiger partial charge in [-0.2, -0.15) is 0 Å². The lowest BCUT2D eigenvalue weighted by atomic mass is 9.90. The molecule has 0 fully saturated rings. The smallest absolute Gasteiger partial charge is 0.133 e. The molecule has 2 unspecified atom stereocenters. The lowest BCUT2D eigenvalue weighted by molar-refractivity contribution is 0.412. The van der Waals surface area contributed by atoms with Gasteiger partial charge < -0.3 is 10.5 Å². The van der Waals surface area contributed by atoms with E-state index in [9.17, 15) is 0 Å². The Morgan fingerprint density at radius 2 is 2.14 bits per heavy atom. The molecule has 2 aromatic carbocycles. The van der Waals surface area contributed by atoms with Gasteiger partial charge in [-0.25, -0.2) is 0 Å². The summed E-state index contributed by atoms with van der Waals surface area (Å²) in [6.45, 7) is 0. The molecule has 1 aliphatic rings. The maximum atomic E-state index is 6.49. The molecule has 0 saturated heterocycles. The fourth-order valence-electron chi connectivity index (χ4n) is 2.79. The lowest BCUT2D eigenvalue weighted by Crippen LogP contribution is -2.30. The molecule has 0 aromatic heterocycles. The highest BCUT2D eigenvalue weighted by Crippen LogP contribution is 2.41. The molecule has 2 atom stereocenters. The summed E-state index contributed by atoms with van der Waals surface area (Å²) in [5.41, 5.74) is 9.13. The van der Waals surface area contributed by atoms with Gasteiger partial charge in [-0.1, -0.05) is 24.3 Å². The maximum absolute atomic E-state index is 6.49. The molecule has 0 spiro atoms. The average molecular weight is 364 g/mol. The molecule has 0 bridgehead atoms. The number of thioether (sulfide) groups is 1. The van der Waals surface area contributed by atoms with Gasteiger partial charge in [0.2, 0.25) is 0 Å². The molecule has 4 heteroatoms. The van der Waals surface area contributed by atoms with Crippen molar-refractivity contribution in [3.05, 3.63) is 58.1 Å². The zero-order valence-electron chi connectivity index (χ0n) is 11.9. The van der Waals surface area contributed by atoms with Gasteiger partial charge in [0.15, 0.2) is 0 Å². The SMILES string of the molecule is COc1ccc(CC(N)C2CSc3ccccc32)cc1Br. The molecule has 2 nitrogen and oxygen atoms in total. The summed E-state index contributed by atoms with van der Waals surface area (Å²) >= 11 is 5.45. The lowest BCUT2D eigenvalue weighted by Gasteiger charge is -2.20. The number of benzene rings is 2. The normalized spacial score (nSPS) is 18.3. The number of halogens is 1. The molecule has 0 amide bonds. The topological polar surface area (TPSA) is 35.2 Å². The van der Waals surface area contributed by atoms with Crippen molar-refractivity contribution in [2.24, 2.45) is 5.73 Å². The van der Waals surface area contributed by atoms with Gasteiger partial charge in [0.25, 0.3) is 0 Å². The van der Waals surface area contributed by atoms with Crippen LogP contribution < -0.4 is 10.5 Å². The second-order valence-electron chi connectivity index (χ2n) is 5.29. The molecule has 110 valence electrons. The number of ether oxygens (including phenoxy) is 1. The van der Waals surface area contributed by atoms with Crippen molar-refractivity contribution in [2.45, 2.75) is 23.3 Å². The van der Waals surface area contributed by atoms with E-state index in [1.165, 1.54) is 16.0 Å². The van der Waals surface area contributed by atoms with E-state index < -0.39 is 0 Å². The first-order valence-electron chi connectivity index (χ1n) is 6.98. The van der Waals surface area contributed by atoms with Crippen LogP contribution in [-0.4, -0.2) is 18.9 Å². The van der Waals surface area contributed by atoms with Crippen LogP contribution in [0.25, 0.3) is 0 Å². The van der Waals surface area contributed by atoms with Crippen LogP contribution in [0.5, 0.6) is 5.75 Å². The van der Waals surface area contributed by atoms with Crippen LogP contribution in [-0.2, 0) is 6.42 Å². The van der Waals surface area contributed by atoms with Crippen LogP contribution in [0.1, 0.15) is 17.0 Å². The molecule has 2 aromatic rings. The Balaban J connectivity index is 1.75. The molecule has 3 rings (SSSR count). The summed E-state index contributed by atoms with van der Waals surface area (Å²) in [4.78, 5) is 1.38. The fraction of sp³-hybridized carbons (Fsp3) is 0.294. The van der Waals surface area contributed by atoms with Crippen LogP contribution in [0.3, 0.4) is 0 Å². The van der Waals surface area contributed by atoms with Crippen molar-refractivity contribution in [1.29, 1.82) is 0 Å². The minimum atomic E-state index is 0.140. The fourth-order valence-corrected chi connectivity index (χ4v) is 4.73. The Morgan fingerprint density at radius 1 is 1.33 bits per heavy atom. The maximum Gasteiger partial charge on any atom is 0.133 e.